The van der Waals surface area contributed by atoms with Crippen LogP contribution in [-0.4, -0.2) is 39.9 Å². The number of carbonyl (C=O) groups is 1. The van der Waals surface area contributed by atoms with E-state index in [2.05, 4.69) is 0 Å². The molecule has 7 nitrogen and oxygen atoms in total. The van der Waals surface area contributed by atoms with Gasteiger partial charge in [0.2, 0.25) is 6.23 Å². The van der Waals surface area contributed by atoms with Crippen LogP contribution in [0.1, 0.15) is 22.1 Å². The molecule has 1 unspecified atom stereocenters. The number of carboxylic acid groups (broad SMARTS) is 1. The average Bonchev–Trinajstić information content (AvgIpc) is 2.77. The Morgan fingerprint density at radius 2 is 1.94 bits per heavy atom. The molecule has 0 aliphatic carbocycles. The minimum atomic E-state index is -3.46. The number of hydrogen-bond donors (Lipinski definition) is 2. The van der Waals surface area contributed by atoms with E-state index >= 15 is 0 Å². The molecular weight excluding hydrogens is 448 g/mol. The molecule has 0 saturated carbocycles. The molecular formula is C22H16ClF2NO6. The van der Waals surface area contributed by atoms with Crippen LogP contribution in [0.5, 0.6) is 11.5 Å². The number of aliphatic hydroxyl groups is 1. The Hall–Kier alpha value is -3.43. The number of rotatable bonds is 6. The predicted octanol–water partition coefficient (Wildman–Crippen LogP) is 3.81. The Labute approximate surface area is 185 Å². The van der Waals surface area contributed by atoms with Gasteiger partial charge >= 0.3 is 11.9 Å². The van der Waals surface area contributed by atoms with Crippen LogP contribution in [0.15, 0.2) is 59.5 Å². The molecule has 1 aliphatic rings. The summed E-state index contributed by atoms with van der Waals surface area (Å²) in [6, 6.07) is 12.7. The minimum absolute atomic E-state index is 0.0273. The Morgan fingerprint density at radius 3 is 2.59 bits per heavy atom. The Bertz CT molecular complexity index is 1250. The number of alkyl halides is 2. The lowest BCUT2D eigenvalue weighted by Gasteiger charge is -2.32. The van der Waals surface area contributed by atoms with E-state index in [4.69, 9.17) is 26.2 Å². The summed E-state index contributed by atoms with van der Waals surface area (Å²) < 4.78 is 39.5. The van der Waals surface area contributed by atoms with Crippen LogP contribution >= 0.6 is 11.6 Å². The van der Waals surface area contributed by atoms with Crippen molar-refractivity contribution in [1.82, 2.24) is 4.57 Å². The Balaban J connectivity index is 1.86. The molecule has 10 heteroatoms. The van der Waals surface area contributed by atoms with Crippen LogP contribution in [0.3, 0.4) is 0 Å². The summed E-state index contributed by atoms with van der Waals surface area (Å²) in [6.07, 6.45) is 0.353. The third kappa shape index (κ3) is 4.04. The van der Waals surface area contributed by atoms with E-state index in [0.717, 1.165) is 6.07 Å². The van der Waals surface area contributed by atoms with Gasteiger partial charge in [-0.25, -0.2) is 13.6 Å². The van der Waals surface area contributed by atoms with Crippen molar-refractivity contribution in [1.29, 1.82) is 0 Å². The number of hydrogen-bond acceptors (Lipinski definition) is 5. The minimum Gasteiger partial charge on any atom is -0.486 e. The quantitative estimate of drug-likeness (QED) is 0.577. The highest BCUT2D eigenvalue weighted by atomic mass is 35.5. The number of aliphatic hydroxyl groups excluding tert-OH is 1. The lowest BCUT2D eigenvalue weighted by Crippen LogP contribution is -2.30. The summed E-state index contributed by atoms with van der Waals surface area (Å²) in [6.45, 7) is -2.48. The van der Waals surface area contributed by atoms with E-state index in [9.17, 15) is 23.5 Å². The first-order valence-corrected chi connectivity index (χ1v) is 9.74. The first-order valence-electron chi connectivity index (χ1n) is 9.36. The summed E-state index contributed by atoms with van der Waals surface area (Å²) in [5, 5.41) is 18.1. The number of aromatic carboxylic acids is 1. The highest BCUT2D eigenvalue weighted by Crippen LogP contribution is 2.44. The summed E-state index contributed by atoms with van der Waals surface area (Å²) in [7, 11) is 0. The van der Waals surface area contributed by atoms with Gasteiger partial charge in [-0.1, -0.05) is 41.9 Å². The van der Waals surface area contributed by atoms with Gasteiger partial charge in [0, 0.05) is 29.5 Å². The van der Waals surface area contributed by atoms with Crippen molar-refractivity contribution < 1.29 is 33.3 Å². The number of fused-ring (bicyclic) bond motifs is 3. The van der Waals surface area contributed by atoms with E-state index in [-0.39, 0.29) is 16.5 Å². The smallest absolute Gasteiger partial charge is 0.341 e. The third-order valence-electron chi connectivity index (χ3n) is 4.87. The fourth-order valence-electron chi connectivity index (χ4n) is 3.32. The van der Waals surface area contributed by atoms with Gasteiger partial charge in [-0.2, -0.15) is 0 Å². The van der Waals surface area contributed by atoms with E-state index in [1.807, 2.05) is 0 Å². The zero-order valence-electron chi connectivity index (χ0n) is 16.3. The lowest BCUT2D eigenvalue weighted by molar-refractivity contribution is -0.0801. The second-order valence-corrected chi connectivity index (χ2v) is 7.52. The zero-order chi connectivity index (χ0) is 23.0. The van der Waals surface area contributed by atoms with Crippen molar-refractivity contribution in [2.45, 2.75) is 12.2 Å². The first-order chi connectivity index (χ1) is 15.2. The van der Waals surface area contributed by atoms with Gasteiger partial charge in [0.1, 0.15) is 23.7 Å². The van der Waals surface area contributed by atoms with Crippen LogP contribution in [0.4, 0.5) is 8.78 Å². The zero-order valence-corrected chi connectivity index (χ0v) is 17.1. The molecule has 2 N–H and O–H groups in total. The molecule has 1 aliphatic heterocycles. The van der Waals surface area contributed by atoms with E-state index in [1.54, 1.807) is 30.3 Å². The largest absolute Gasteiger partial charge is 0.486 e. The second-order valence-electron chi connectivity index (χ2n) is 7.11. The number of carboxylic acids is 1. The monoisotopic (exact) mass is 463 g/mol. The summed E-state index contributed by atoms with van der Waals surface area (Å²) in [5.41, 5.74) is 0.215. The van der Waals surface area contributed by atoms with Crippen molar-refractivity contribution in [3.63, 3.8) is 0 Å². The van der Waals surface area contributed by atoms with E-state index in [1.165, 1.54) is 22.9 Å². The summed E-state index contributed by atoms with van der Waals surface area (Å²) in [4.78, 5) is 23.9. The molecule has 0 bridgehead atoms. The molecule has 1 atom stereocenters. The summed E-state index contributed by atoms with van der Waals surface area (Å²) >= 11 is 6.21. The summed E-state index contributed by atoms with van der Waals surface area (Å²) in [5.74, 6) is -4.73. The van der Waals surface area contributed by atoms with Gasteiger partial charge in [-0.05, 0) is 6.07 Å². The van der Waals surface area contributed by atoms with Crippen molar-refractivity contribution >= 4 is 17.6 Å². The molecule has 0 radical (unpaired) electrons. The van der Waals surface area contributed by atoms with Crippen LogP contribution in [-0.2, 0) is 0 Å². The fourth-order valence-corrected chi connectivity index (χ4v) is 3.53. The van der Waals surface area contributed by atoms with Gasteiger partial charge < -0.3 is 24.3 Å². The predicted molar refractivity (Wildman–Crippen MR) is 111 cm³/mol. The van der Waals surface area contributed by atoms with Gasteiger partial charge in [0.15, 0.2) is 12.0 Å². The fraction of sp³-hybridized carbons (Fsp3) is 0.182. The molecule has 166 valence electrons. The second kappa shape index (κ2) is 8.25. The molecule has 32 heavy (non-hydrogen) atoms. The van der Waals surface area contributed by atoms with E-state index in [0.29, 0.717) is 16.8 Å². The molecule has 0 fully saturated rings. The van der Waals surface area contributed by atoms with Crippen LogP contribution in [0, 0.1) is 0 Å². The van der Waals surface area contributed by atoms with Crippen LogP contribution in [0.2, 0.25) is 5.02 Å². The van der Waals surface area contributed by atoms with Gasteiger partial charge in [0.05, 0.1) is 10.7 Å². The average molecular weight is 464 g/mol. The maximum atomic E-state index is 13.4. The SMILES string of the molecule is O=C(O)c1cn2c(cc1=O)-c1cc(Cl)c(OCC(F)(F)CO)cc1OC2c1ccccc1. The number of halogens is 3. The molecule has 3 aromatic rings. The number of benzene rings is 2. The normalized spacial score (nSPS) is 14.8. The molecule has 0 saturated heterocycles. The maximum Gasteiger partial charge on any atom is 0.341 e. The number of nitrogens with zero attached hydrogens (tertiary/aromatic N) is 1. The molecule has 0 amide bonds. The number of ether oxygens (including phenoxy) is 2. The maximum absolute atomic E-state index is 13.4. The van der Waals surface area contributed by atoms with Crippen molar-refractivity contribution in [3.8, 4) is 22.8 Å². The topological polar surface area (TPSA) is 98.0 Å². The van der Waals surface area contributed by atoms with Crippen molar-refractivity contribution in [2.75, 3.05) is 13.2 Å². The molecule has 1 aromatic heterocycles. The lowest BCUT2D eigenvalue weighted by atomic mass is 10.0. The molecule has 0 spiro atoms. The van der Waals surface area contributed by atoms with E-state index < -0.39 is 42.3 Å². The van der Waals surface area contributed by atoms with Gasteiger partial charge in [0.25, 0.3) is 0 Å². The third-order valence-corrected chi connectivity index (χ3v) is 5.16. The number of aromatic nitrogens is 1. The van der Waals surface area contributed by atoms with Crippen LogP contribution < -0.4 is 14.9 Å². The standard InChI is InChI=1S/C22H16ClF2NO6/c23-15-6-13-16-7-17(28)14(21(29)30)9-26(16)20(12-4-2-1-3-5-12)32-18(13)8-19(15)31-11-22(24,25)10-27/h1-9,20,27H,10-11H2,(H,29,30). The van der Waals surface area contributed by atoms with Crippen molar-refractivity contribution in [3.05, 3.63) is 81.1 Å². The van der Waals surface area contributed by atoms with Crippen LogP contribution in [0.25, 0.3) is 11.3 Å². The Morgan fingerprint density at radius 1 is 1.22 bits per heavy atom. The highest BCUT2D eigenvalue weighted by Gasteiger charge is 2.32. The van der Waals surface area contributed by atoms with Gasteiger partial charge in [-0.3, -0.25) is 4.79 Å². The molecule has 4 rings (SSSR count). The van der Waals surface area contributed by atoms with Crippen molar-refractivity contribution in [2.24, 2.45) is 0 Å². The number of pyridine rings is 1. The molecule has 2 aromatic carbocycles. The molecule has 2 heterocycles. The highest BCUT2D eigenvalue weighted by molar-refractivity contribution is 6.32. The first kappa shape index (κ1) is 21.8. The Kier molecular flexibility index (Phi) is 5.62. The van der Waals surface area contributed by atoms with Gasteiger partial charge in [-0.15, -0.1) is 0 Å².